The van der Waals surface area contributed by atoms with Crippen molar-refractivity contribution in [2.75, 3.05) is 5.32 Å². The smallest absolute Gasteiger partial charge is 0.159 e. The molecular formula is C19H17N3O. The zero-order chi connectivity index (χ0) is 16.2. The van der Waals surface area contributed by atoms with Crippen LogP contribution in [-0.4, -0.2) is 15.8 Å². The average molecular weight is 303 g/mol. The van der Waals surface area contributed by atoms with Gasteiger partial charge in [-0.3, -0.25) is 4.79 Å². The third-order valence-electron chi connectivity index (χ3n) is 3.56. The summed E-state index contributed by atoms with van der Waals surface area (Å²) in [5.41, 5.74) is 4.52. The molecule has 0 amide bonds. The molecule has 0 fully saturated rings. The number of carbonyl (C=O) groups excluding carboxylic acids is 1. The molecule has 0 saturated carbocycles. The van der Waals surface area contributed by atoms with Gasteiger partial charge in [0.15, 0.2) is 5.78 Å². The summed E-state index contributed by atoms with van der Waals surface area (Å²) in [6.45, 7) is 3.61. The number of benzene rings is 2. The van der Waals surface area contributed by atoms with Crippen molar-refractivity contribution in [1.82, 2.24) is 9.97 Å². The van der Waals surface area contributed by atoms with Crippen LogP contribution >= 0.6 is 0 Å². The van der Waals surface area contributed by atoms with E-state index in [1.54, 1.807) is 13.0 Å². The summed E-state index contributed by atoms with van der Waals surface area (Å²) in [4.78, 5) is 20.1. The van der Waals surface area contributed by atoms with Crippen molar-refractivity contribution >= 4 is 17.3 Å². The first kappa shape index (κ1) is 14.9. The fraction of sp³-hybridized carbons (Fsp3) is 0.105. The van der Waals surface area contributed by atoms with Crippen LogP contribution in [0.25, 0.3) is 11.3 Å². The van der Waals surface area contributed by atoms with Gasteiger partial charge in [-0.25, -0.2) is 9.97 Å². The molecular weight excluding hydrogens is 286 g/mol. The summed E-state index contributed by atoms with van der Waals surface area (Å²) in [5, 5.41) is 3.26. The van der Waals surface area contributed by atoms with E-state index in [0.29, 0.717) is 11.4 Å². The van der Waals surface area contributed by atoms with Crippen LogP contribution in [0.5, 0.6) is 0 Å². The molecule has 0 aliphatic heterocycles. The predicted octanol–water partition coefficient (Wildman–Crippen LogP) is 4.40. The topological polar surface area (TPSA) is 54.9 Å². The first-order valence-corrected chi connectivity index (χ1v) is 7.39. The van der Waals surface area contributed by atoms with Crippen molar-refractivity contribution in [1.29, 1.82) is 0 Å². The van der Waals surface area contributed by atoms with Gasteiger partial charge < -0.3 is 5.32 Å². The van der Waals surface area contributed by atoms with Crippen LogP contribution in [0.15, 0.2) is 60.9 Å². The van der Waals surface area contributed by atoms with Crippen LogP contribution in [0.4, 0.5) is 11.5 Å². The van der Waals surface area contributed by atoms with Crippen molar-refractivity contribution in [3.63, 3.8) is 0 Å². The highest BCUT2D eigenvalue weighted by Crippen LogP contribution is 2.22. The lowest BCUT2D eigenvalue weighted by Gasteiger charge is -2.08. The molecule has 23 heavy (non-hydrogen) atoms. The predicted molar refractivity (Wildman–Crippen MR) is 91.9 cm³/mol. The largest absolute Gasteiger partial charge is 0.340 e. The lowest BCUT2D eigenvalue weighted by Crippen LogP contribution is -1.96. The standard InChI is InChI=1S/C19H17N3O/c1-13-6-8-17(9-7-13)22-19-11-18(20-12-21-19)16-5-3-4-15(10-16)14(2)23/h3-12H,1-2H3,(H,20,21,22). The quantitative estimate of drug-likeness (QED) is 0.726. The van der Waals surface area contributed by atoms with Crippen LogP contribution in [0.2, 0.25) is 0 Å². The molecule has 0 atom stereocenters. The monoisotopic (exact) mass is 303 g/mol. The van der Waals surface area contributed by atoms with Crippen LogP contribution in [-0.2, 0) is 0 Å². The summed E-state index contributed by atoms with van der Waals surface area (Å²) in [6.07, 6.45) is 1.52. The van der Waals surface area contributed by atoms with E-state index in [9.17, 15) is 4.79 Å². The van der Waals surface area contributed by atoms with E-state index in [2.05, 4.69) is 22.2 Å². The van der Waals surface area contributed by atoms with Gasteiger partial charge in [-0.1, -0.05) is 35.9 Å². The lowest BCUT2D eigenvalue weighted by molar-refractivity contribution is 0.101. The highest BCUT2D eigenvalue weighted by atomic mass is 16.1. The molecule has 1 heterocycles. The minimum atomic E-state index is 0.0407. The van der Waals surface area contributed by atoms with Gasteiger partial charge in [0.05, 0.1) is 5.69 Å². The van der Waals surface area contributed by atoms with E-state index in [-0.39, 0.29) is 5.78 Å². The maximum atomic E-state index is 11.5. The molecule has 1 N–H and O–H groups in total. The highest BCUT2D eigenvalue weighted by molar-refractivity contribution is 5.95. The number of hydrogen-bond acceptors (Lipinski definition) is 4. The Kier molecular flexibility index (Phi) is 4.15. The van der Waals surface area contributed by atoms with Gasteiger partial charge in [-0.05, 0) is 32.0 Å². The van der Waals surface area contributed by atoms with Gasteiger partial charge in [0.2, 0.25) is 0 Å². The molecule has 2 aromatic carbocycles. The third kappa shape index (κ3) is 3.61. The van der Waals surface area contributed by atoms with Crippen molar-refractivity contribution in [2.45, 2.75) is 13.8 Å². The van der Waals surface area contributed by atoms with Gasteiger partial charge in [-0.15, -0.1) is 0 Å². The molecule has 0 spiro atoms. The van der Waals surface area contributed by atoms with Crippen LogP contribution in [0.1, 0.15) is 22.8 Å². The number of anilines is 2. The fourth-order valence-corrected chi connectivity index (χ4v) is 2.27. The molecule has 0 aliphatic carbocycles. The minimum Gasteiger partial charge on any atom is -0.340 e. The highest BCUT2D eigenvalue weighted by Gasteiger charge is 2.05. The Balaban J connectivity index is 1.89. The lowest BCUT2D eigenvalue weighted by atomic mass is 10.1. The molecule has 0 bridgehead atoms. The van der Waals surface area contributed by atoms with Crippen LogP contribution in [0, 0.1) is 6.92 Å². The number of rotatable bonds is 4. The van der Waals surface area contributed by atoms with E-state index in [4.69, 9.17) is 0 Å². The number of aromatic nitrogens is 2. The van der Waals surface area contributed by atoms with E-state index in [0.717, 1.165) is 16.9 Å². The second-order valence-electron chi connectivity index (χ2n) is 5.42. The number of nitrogens with one attached hydrogen (secondary N) is 1. The van der Waals surface area contributed by atoms with Crippen LogP contribution < -0.4 is 5.32 Å². The summed E-state index contributed by atoms with van der Waals surface area (Å²) in [7, 11) is 0. The second kappa shape index (κ2) is 6.40. The minimum absolute atomic E-state index is 0.0407. The Morgan fingerprint density at radius 3 is 2.52 bits per heavy atom. The Labute approximate surface area is 135 Å². The van der Waals surface area contributed by atoms with E-state index in [1.807, 2.05) is 48.5 Å². The van der Waals surface area contributed by atoms with Gasteiger partial charge >= 0.3 is 0 Å². The Morgan fingerprint density at radius 1 is 1.00 bits per heavy atom. The number of carbonyl (C=O) groups is 1. The number of ketones is 1. The van der Waals surface area contributed by atoms with Gasteiger partial charge in [0.25, 0.3) is 0 Å². The van der Waals surface area contributed by atoms with E-state index >= 15 is 0 Å². The maximum absolute atomic E-state index is 11.5. The SMILES string of the molecule is CC(=O)c1cccc(-c2cc(Nc3ccc(C)cc3)ncn2)c1. The second-order valence-corrected chi connectivity index (χ2v) is 5.42. The molecule has 0 radical (unpaired) electrons. The van der Waals surface area contributed by atoms with Gasteiger partial charge in [-0.2, -0.15) is 0 Å². The number of nitrogens with zero attached hydrogens (tertiary/aromatic N) is 2. The first-order valence-electron chi connectivity index (χ1n) is 7.39. The third-order valence-corrected chi connectivity index (χ3v) is 3.56. The molecule has 4 heteroatoms. The summed E-state index contributed by atoms with van der Waals surface area (Å²) < 4.78 is 0. The molecule has 4 nitrogen and oxygen atoms in total. The molecule has 1 aromatic heterocycles. The summed E-state index contributed by atoms with van der Waals surface area (Å²) >= 11 is 0. The van der Waals surface area contributed by atoms with Crippen molar-refractivity contribution in [2.24, 2.45) is 0 Å². The number of aryl methyl sites for hydroxylation is 1. The normalized spacial score (nSPS) is 10.3. The van der Waals surface area contributed by atoms with E-state index < -0.39 is 0 Å². The fourth-order valence-electron chi connectivity index (χ4n) is 2.27. The number of Topliss-reactive ketones (excluding diaryl/α,β-unsaturated/α-hetero) is 1. The molecule has 3 aromatic rings. The maximum Gasteiger partial charge on any atom is 0.159 e. The molecule has 0 aliphatic rings. The van der Waals surface area contributed by atoms with Crippen molar-refractivity contribution in [3.8, 4) is 11.3 Å². The molecule has 0 saturated heterocycles. The number of hydrogen-bond donors (Lipinski definition) is 1. The zero-order valence-corrected chi connectivity index (χ0v) is 13.1. The summed E-state index contributed by atoms with van der Waals surface area (Å²) in [5.74, 6) is 0.756. The van der Waals surface area contributed by atoms with Crippen molar-refractivity contribution in [3.05, 3.63) is 72.1 Å². The van der Waals surface area contributed by atoms with Crippen LogP contribution in [0.3, 0.4) is 0 Å². The van der Waals surface area contributed by atoms with Gasteiger partial charge in [0.1, 0.15) is 12.1 Å². The van der Waals surface area contributed by atoms with Gasteiger partial charge in [0, 0.05) is 22.9 Å². The Morgan fingerprint density at radius 2 is 1.78 bits per heavy atom. The van der Waals surface area contributed by atoms with Crippen molar-refractivity contribution < 1.29 is 4.79 Å². The molecule has 0 unspecified atom stereocenters. The molecule has 114 valence electrons. The average Bonchev–Trinajstić information content (AvgIpc) is 2.57. The van der Waals surface area contributed by atoms with E-state index in [1.165, 1.54) is 11.9 Å². The zero-order valence-electron chi connectivity index (χ0n) is 13.1. The molecule has 3 rings (SSSR count). The first-order chi connectivity index (χ1) is 11.1. The summed E-state index contributed by atoms with van der Waals surface area (Å²) in [6, 6.07) is 17.4. The Bertz CT molecular complexity index is 841. The Hall–Kier alpha value is -3.01.